The van der Waals surface area contributed by atoms with Crippen molar-refractivity contribution in [2.75, 3.05) is 33.3 Å². The quantitative estimate of drug-likeness (QED) is 0.861. The summed E-state index contributed by atoms with van der Waals surface area (Å²) in [6, 6.07) is 12.5. The summed E-state index contributed by atoms with van der Waals surface area (Å²) in [4.78, 5) is 28.4. The summed E-state index contributed by atoms with van der Waals surface area (Å²) >= 11 is 0. The first-order valence-corrected chi connectivity index (χ1v) is 8.06. The number of hydrogen-bond acceptors (Lipinski definition) is 3. The molecule has 3 rings (SSSR count). The first-order chi connectivity index (χ1) is 12.1. The Labute approximate surface area is 145 Å². The van der Waals surface area contributed by atoms with Gasteiger partial charge in [-0.15, -0.1) is 0 Å². The van der Waals surface area contributed by atoms with Crippen LogP contribution < -0.4 is 4.74 Å². The molecule has 0 aliphatic carbocycles. The summed E-state index contributed by atoms with van der Waals surface area (Å²) in [6.07, 6.45) is 0. The summed E-state index contributed by atoms with van der Waals surface area (Å²) < 4.78 is 18.1. The molecule has 1 aliphatic rings. The summed E-state index contributed by atoms with van der Waals surface area (Å²) in [5, 5.41) is 0. The smallest absolute Gasteiger partial charge is 0.253 e. The van der Waals surface area contributed by atoms with E-state index < -0.39 is 0 Å². The van der Waals surface area contributed by atoms with Gasteiger partial charge in [0.2, 0.25) is 0 Å². The Morgan fingerprint density at radius 3 is 1.60 bits per heavy atom. The standard InChI is InChI=1S/C19H19FN2O3/c1-25-17-8-4-15(5-9-17)19(24)22-12-10-21(11-13-22)18(23)14-2-6-16(20)7-3-14/h2-9H,10-13H2,1H3. The molecule has 0 aromatic heterocycles. The molecule has 1 aliphatic heterocycles. The molecule has 2 aromatic rings. The third kappa shape index (κ3) is 3.79. The molecule has 0 radical (unpaired) electrons. The van der Waals surface area contributed by atoms with E-state index in [1.165, 1.54) is 24.3 Å². The van der Waals surface area contributed by atoms with Gasteiger partial charge in [0.15, 0.2) is 0 Å². The maximum absolute atomic E-state index is 13.0. The fourth-order valence-corrected chi connectivity index (χ4v) is 2.80. The Balaban J connectivity index is 1.60. The average Bonchev–Trinajstić information content (AvgIpc) is 2.67. The molecule has 0 unspecified atom stereocenters. The zero-order valence-corrected chi connectivity index (χ0v) is 13.9. The van der Waals surface area contributed by atoms with E-state index in [0.717, 1.165) is 0 Å². The predicted molar refractivity (Wildman–Crippen MR) is 91.2 cm³/mol. The van der Waals surface area contributed by atoms with Crippen LogP contribution in [0, 0.1) is 5.82 Å². The van der Waals surface area contributed by atoms with Gasteiger partial charge in [-0.3, -0.25) is 9.59 Å². The zero-order valence-electron chi connectivity index (χ0n) is 13.9. The summed E-state index contributed by atoms with van der Waals surface area (Å²) in [6.45, 7) is 1.85. The van der Waals surface area contributed by atoms with Gasteiger partial charge in [0, 0.05) is 37.3 Å². The van der Waals surface area contributed by atoms with Gasteiger partial charge in [0.1, 0.15) is 11.6 Å². The Morgan fingerprint density at radius 2 is 1.20 bits per heavy atom. The number of piperazine rings is 1. The van der Waals surface area contributed by atoms with Crippen molar-refractivity contribution in [1.29, 1.82) is 0 Å². The second kappa shape index (κ2) is 7.34. The van der Waals surface area contributed by atoms with Crippen LogP contribution in [0.1, 0.15) is 20.7 Å². The van der Waals surface area contributed by atoms with Crippen molar-refractivity contribution in [3.05, 3.63) is 65.5 Å². The molecule has 1 saturated heterocycles. The van der Waals surface area contributed by atoms with Crippen molar-refractivity contribution in [3.8, 4) is 5.75 Å². The maximum Gasteiger partial charge on any atom is 0.253 e. The van der Waals surface area contributed by atoms with E-state index in [1.807, 2.05) is 0 Å². The van der Waals surface area contributed by atoms with Crippen molar-refractivity contribution >= 4 is 11.8 Å². The van der Waals surface area contributed by atoms with Crippen LogP contribution in [0.15, 0.2) is 48.5 Å². The summed E-state index contributed by atoms with van der Waals surface area (Å²) in [5.41, 5.74) is 1.05. The van der Waals surface area contributed by atoms with E-state index in [2.05, 4.69) is 0 Å². The fourth-order valence-electron chi connectivity index (χ4n) is 2.80. The van der Waals surface area contributed by atoms with E-state index in [-0.39, 0.29) is 17.6 Å². The average molecular weight is 342 g/mol. The van der Waals surface area contributed by atoms with E-state index >= 15 is 0 Å². The number of methoxy groups -OCH3 is 1. The number of hydrogen-bond donors (Lipinski definition) is 0. The first-order valence-electron chi connectivity index (χ1n) is 8.06. The van der Waals surface area contributed by atoms with Gasteiger partial charge in [-0.25, -0.2) is 4.39 Å². The minimum absolute atomic E-state index is 0.0588. The van der Waals surface area contributed by atoms with E-state index in [4.69, 9.17) is 4.74 Å². The number of amides is 2. The highest BCUT2D eigenvalue weighted by atomic mass is 19.1. The van der Waals surface area contributed by atoms with Gasteiger partial charge >= 0.3 is 0 Å². The lowest BCUT2D eigenvalue weighted by atomic mass is 10.1. The van der Waals surface area contributed by atoms with Gasteiger partial charge in [0.25, 0.3) is 11.8 Å². The van der Waals surface area contributed by atoms with Crippen LogP contribution in [0.25, 0.3) is 0 Å². The summed E-state index contributed by atoms with van der Waals surface area (Å²) in [7, 11) is 1.58. The minimum Gasteiger partial charge on any atom is -0.497 e. The molecule has 25 heavy (non-hydrogen) atoms. The molecule has 1 fully saturated rings. The molecule has 1 heterocycles. The van der Waals surface area contributed by atoms with Crippen LogP contribution >= 0.6 is 0 Å². The Hall–Kier alpha value is -2.89. The minimum atomic E-state index is -0.369. The number of ether oxygens (including phenoxy) is 1. The number of carbonyl (C=O) groups is 2. The van der Waals surface area contributed by atoms with Crippen LogP contribution in [-0.2, 0) is 0 Å². The number of halogens is 1. The fraction of sp³-hybridized carbons (Fsp3) is 0.263. The lowest BCUT2D eigenvalue weighted by molar-refractivity contribution is 0.0535. The third-order valence-electron chi connectivity index (χ3n) is 4.28. The third-order valence-corrected chi connectivity index (χ3v) is 4.28. The second-order valence-electron chi connectivity index (χ2n) is 5.82. The van der Waals surface area contributed by atoms with Gasteiger partial charge in [-0.1, -0.05) is 0 Å². The van der Waals surface area contributed by atoms with Crippen molar-refractivity contribution in [3.63, 3.8) is 0 Å². The highest BCUT2D eigenvalue weighted by molar-refractivity contribution is 5.96. The first kappa shape index (κ1) is 17.0. The number of carbonyl (C=O) groups excluding carboxylic acids is 2. The molecule has 0 bridgehead atoms. The van der Waals surface area contributed by atoms with Crippen LogP contribution in [0.2, 0.25) is 0 Å². The van der Waals surface area contributed by atoms with E-state index in [1.54, 1.807) is 41.2 Å². The number of nitrogens with zero attached hydrogens (tertiary/aromatic N) is 2. The topological polar surface area (TPSA) is 49.9 Å². The molecule has 5 nitrogen and oxygen atoms in total. The lowest BCUT2D eigenvalue weighted by Crippen LogP contribution is -2.50. The van der Waals surface area contributed by atoms with Crippen LogP contribution in [0.3, 0.4) is 0 Å². The van der Waals surface area contributed by atoms with Gasteiger partial charge in [-0.2, -0.15) is 0 Å². The molecule has 0 N–H and O–H groups in total. The maximum atomic E-state index is 13.0. The molecule has 2 aromatic carbocycles. The van der Waals surface area contributed by atoms with Crippen LogP contribution in [0.5, 0.6) is 5.75 Å². The molecule has 2 amide bonds. The number of rotatable bonds is 3. The van der Waals surface area contributed by atoms with Crippen molar-refractivity contribution in [2.24, 2.45) is 0 Å². The molecular weight excluding hydrogens is 323 g/mol. The molecule has 130 valence electrons. The Morgan fingerprint density at radius 1 is 0.800 bits per heavy atom. The zero-order chi connectivity index (χ0) is 17.8. The molecule has 0 atom stereocenters. The Bertz CT molecular complexity index is 751. The van der Waals surface area contributed by atoms with Gasteiger partial charge in [0.05, 0.1) is 7.11 Å². The highest BCUT2D eigenvalue weighted by Gasteiger charge is 2.25. The summed E-state index contributed by atoms with van der Waals surface area (Å²) in [5.74, 6) is 0.130. The molecule has 6 heteroatoms. The molecular formula is C19H19FN2O3. The predicted octanol–water partition coefficient (Wildman–Crippen LogP) is 2.43. The Kier molecular flexibility index (Phi) is 4.97. The SMILES string of the molecule is COc1ccc(C(=O)N2CCN(C(=O)c3ccc(F)cc3)CC2)cc1. The molecule has 0 saturated carbocycles. The lowest BCUT2D eigenvalue weighted by Gasteiger charge is -2.34. The van der Waals surface area contributed by atoms with Crippen LogP contribution in [-0.4, -0.2) is 54.9 Å². The van der Waals surface area contributed by atoms with E-state index in [9.17, 15) is 14.0 Å². The van der Waals surface area contributed by atoms with Crippen LogP contribution in [0.4, 0.5) is 4.39 Å². The normalized spacial score (nSPS) is 14.3. The highest BCUT2D eigenvalue weighted by Crippen LogP contribution is 2.15. The monoisotopic (exact) mass is 342 g/mol. The number of benzene rings is 2. The second-order valence-corrected chi connectivity index (χ2v) is 5.82. The largest absolute Gasteiger partial charge is 0.497 e. The van der Waals surface area contributed by atoms with Crippen molar-refractivity contribution in [2.45, 2.75) is 0 Å². The van der Waals surface area contributed by atoms with Gasteiger partial charge < -0.3 is 14.5 Å². The molecule has 0 spiro atoms. The van der Waals surface area contributed by atoms with Crippen molar-refractivity contribution < 1.29 is 18.7 Å². The van der Waals surface area contributed by atoms with E-state index in [0.29, 0.717) is 43.1 Å². The van der Waals surface area contributed by atoms with Gasteiger partial charge in [-0.05, 0) is 48.5 Å². The van der Waals surface area contributed by atoms with Crippen molar-refractivity contribution in [1.82, 2.24) is 9.80 Å².